The maximum atomic E-state index is 12.4. The molecule has 1 fully saturated rings. The zero-order valence-corrected chi connectivity index (χ0v) is 10.8. The van der Waals surface area contributed by atoms with Gasteiger partial charge in [-0.2, -0.15) is 15.4 Å². The lowest BCUT2D eigenvalue weighted by Gasteiger charge is -2.36. The summed E-state index contributed by atoms with van der Waals surface area (Å²) in [6.45, 7) is 2.84. The molecule has 6 nitrogen and oxygen atoms in total. The predicted octanol–water partition coefficient (Wildman–Crippen LogP) is 0.945. The highest BCUT2D eigenvalue weighted by molar-refractivity contribution is 5.97. The third kappa shape index (κ3) is 2.31. The van der Waals surface area contributed by atoms with Crippen LogP contribution in [0.4, 0.5) is 0 Å². The van der Waals surface area contributed by atoms with Crippen molar-refractivity contribution in [2.45, 2.75) is 25.4 Å². The van der Waals surface area contributed by atoms with E-state index in [4.69, 9.17) is 0 Å². The summed E-state index contributed by atoms with van der Waals surface area (Å²) in [5.74, 6) is -0.0649. The minimum Gasteiger partial charge on any atom is -0.388 e. The fourth-order valence-corrected chi connectivity index (χ4v) is 2.55. The van der Waals surface area contributed by atoms with Gasteiger partial charge in [0.05, 0.1) is 5.60 Å². The summed E-state index contributed by atoms with van der Waals surface area (Å²) in [6.07, 6.45) is 1.56. The van der Waals surface area contributed by atoms with E-state index in [0.717, 1.165) is 18.4 Å². The summed E-state index contributed by atoms with van der Waals surface area (Å²) in [6, 6.07) is 5.25. The number of carbonyl (C=O) groups is 1. The Kier molecular flexibility index (Phi) is 2.74. The van der Waals surface area contributed by atoms with Gasteiger partial charge >= 0.3 is 0 Å². The van der Waals surface area contributed by atoms with Gasteiger partial charge in [0.25, 0.3) is 5.91 Å². The number of hydrogen-bond donors (Lipinski definition) is 2. The fraction of sp³-hybridized carbons (Fsp3) is 0.462. The topological polar surface area (TPSA) is 82.1 Å². The Labute approximate surface area is 110 Å². The molecular weight excluding hydrogens is 244 g/mol. The van der Waals surface area contributed by atoms with Crippen molar-refractivity contribution in [2.75, 3.05) is 13.1 Å². The van der Waals surface area contributed by atoms with Gasteiger partial charge in [-0.25, -0.2) is 0 Å². The van der Waals surface area contributed by atoms with Crippen molar-refractivity contribution in [1.29, 1.82) is 0 Å². The molecule has 1 aliphatic rings. The number of likely N-dealkylation sites (tertiary alicyclic amines) is 1. The van der Waals surface area contributed by atoms with E-state index < -0.39 is 5.60 Å². The molecule has 19 heavy (non-hydrogen) atoms. The molecule has 3 rings (SSSR count). The molecule has 0 saturated carbocycles. The maximum Gasteiger partial charge on any atom is 0.254 e. The van der Waals surface area contributed by atoms with Gasteiger partial charge in [-0.3, -0.25) is 4.79 Å². The number of aromatic nitrogens is 3. The largest absolute Gasteiger partial charge is 0.388 e. The molecule has 0 bridgehead atoms. The summed E-state index contributed by atoms with van der Waals surface area (Å²) in [7, 11) is 0. The lowest BCUT2D eigenvalue weighted by Crippen LogP contribution is -2.48. The summed E-state index contributed by atoms with van der Waals surface area (Å²) in [4.78, 5) is 14.1. The molecule has 2 aromatic rings. The molecule has 100 valence electrons. The van der Waals surface area contributed by atoms with E-state index in [1.165, 1.54) is 0 Å². The molecule has 1 aromatic heterocycles. The van der Waals surface area contributed by atoms with Crippen LogP contribution in [0.1, 0.15) is 30.1 Å². The number of aliphatic hydroxyl groups is 1. The van der Waals surface area contributed by atoms with Crippen LogP contribution in [-0.2, 0) is 0 Å². The molecule has 0 radical (unpaired) electrons. The minimum absolute atomic E-state index is 0.0649. The lowest BCUT2D eigenvalue weighted by atomic mass is 9.94. The van der Waals surface area contributed by atoms with E-state index >= 15 is 0 Å². The first kappa shape index (κ1) is 12.1. The number of benzene rings is 1. The number of aromatic amines is 1. The van der Waals surface area contributed by atoms with Crippen molar-refractivity contribution in [3.63, 3.8) is 0 Å². The predicted molar refractivity (Wildman–Crippen MR) is 69.7 cm³/mol. The second-order valence-electron chi connectivity index (χ2n) is 5.35. The minimum atomic E-state index is -0.786. The lowest BCUT2D eigenvalue weighted by molar-refractivity contribution is -0.0107. The number of carbonyl (C=O) groups excluding carboxylic acids is 1. The first-order valence-corrected chi connectivity index (χ1v) is 6.37. The highest BCUT2D eigenvalue weighted by Gasteiger charge is 2.31. The average molecular weight is 260 g/mol. The average Bonchev–Trinajstić information content (AvgIpc) is 2.83. The molecule has 2 heterocycles. The maximum absolute atomic E-state index is 12.4. The number of nitrogens with one attached hydrogen (secondary N) is 1. The van der Waals surface area contributed by atoms with E-state index in [1.54, 1.807) is 30.0 Å². The molecule has 1 amide bonds. The van der Waals surface area contributed by atoms with Crippen LogP contribution in [0.3, 0.4) is 0 Å². The number of hydrogen-bond acceptors (Lipinski definition) is 4. The van der Waals surface area contributed by atoms with Crippen molar-refractivity contribution in [1.82, 2.24) is 20.3 Å². The Morgan fingerprint density at radius 3 is 3.00 bits per heavy atom. The first-order valence-electron chi connectivity index (χ1n) is 6.37. The van der Waals surface area contributed by atoms with E-state index in [0.29, 0.717) is 24.2 Å². The summed E-state index contributed by atoms with van der Waals surface area (Å²) in [5, 5.41) is 20.5. The zero-order valence-electron chi connectivity index (χ0n) is 10.8. The number of nitrogens with zero attached hydrogens (tertiary/aromatic N) is 3. The van der Waals surface area contributed by atoms with Crippen LogP contribution < -0.4 is 0 Å². The van der Waals surface area contributed by atoms with Gasteiger partial charge in [-0.15, -0.1) is 0 Å². The second kappa shape index (κ2) is 4.31. The monoisotopic (exact) mass is 260 g/mol. The molecule has 1 aromatic carbocycles. The van der Waals surface area contributed by atoms with E-state index in [-0.39, 0.29) is 5.91 Å². The number of rotatable bonds is 1. The van der Waals surface area contributed by atoms with Crippen molar-refractivity contribution >= 4 is 16.9 Å². The number of β-amino-alcohol motifs (C(OH)–C–C–N with tert-alkyl or cyclic N) is 1. The van der Waals surface area contributed by atoms with Crippen LogP contribution in [0.15, 0.2) is 18.2 Å². The van der Waals surface area contributed by atoms with Crippen LogP contribution in [0.25, 0.3) is 11.0 Å². The molecule has 2 N–H and O–H groups in total. The summed E-state index contributed by atoms with van der Waals surface area (Å²) >= 11 is 0. The Hall–Kier alpha value is -1.95. The molecule has 1 saturated heterocycles. The number of amides is 1. The summed E-state index contributed by atoms with van der Waals surface area (Å²) < 4.78 is 0. The zero-order chi connectivity index (χ0) is 13.5. The molecule has 1 atom stereocenters. The molecule has 6 heteroatoms. The number of piperidine rings is 1. The second-order valence-corrected chi connectivity index (χ2v) is 5.35. The summed E-state index contributed by atoms with van der Waals surface area (Å²) in [5.41, 5.74) is 1.21. The highest BCUT2D eigenvalue weighted by Crippen LogP contribution is 2.22. The van der Waals surface area contributed by atoms with Gasteiger partial charge in [-0.05, 0) is 38.0 Å². The Morgan fingerprint density at radius 1 is 1.42 bits per heavy atom. The normalized spacial score (nSPS) is 23.8. The smallest absolute Gasteiger partial charge is 0.254 e. The van der Waals surface area contributed by atoms with Gasteiger partial charge < -0.3 is 10.0 Å². The Morgan fingerprint density at radius 2 is 2.21 bits per heavy atom. The van der Waals surface area contributed by atoms with Gasteiger partial charge in [-0.1, -0.05) is 0 Å². The Balaban J connectivity index is 1.86. The van der Waals surface area contributed by atoms with Gasteiger partial charge in [0.15, 0.2) is 0 Å². The molecule has 1 aliphatic heterocycles. The van der Waals surface area contributed by atoms with Crippen LogP contribution in [-0.4, -0.2) is 50.0 Å². The molecule has 0 spiro atoms. The third-order valence-corrected chi connectivity index (χ3v) is 3.53. The van der Waals surface area contributed by atoms with E-state index in [2.05, 4.69) is 15.4 Å². The molecule has 1 unspecified atom stereocenters. The van der Waals surface area contributed by atoms with Crippen molar-refractivity contribution < 1.29 is 9.90 Å². The third-order valence-electron chi connectivity index (χ3n) is 3.53. The van der Waals surface area contributed by atoms with Crippen LogP contribution in [0.2, 0.25) is 0 Å². The number of H-pyrrole nitrogens is 1. The SMILES string of the molecule is CC1(O)CCCN(C(=O)c2ccc3n[nH]nc3c2)C1. The molecular formula is C13H16N4O2. The first-order chi connectivity index (χ1) is 9.05. The Bertz CT molecular complexity index is 620. The standard InChI is InChI=1S/C13H16N4O2/c1-13(19)5-2-6-17(8-13)12(18)9-3-4-10-11(7-9)15-16-14-10/h3-4,7,19H,2,5-6,8H2,1H3,(H,14,15,16). The van der Waals surface area contributed by atoms with Crippen LogP contribution >= 0.6 is 0 Å². The van der Waals surface area contributed by atoms with Crippen LogP contribution in [0.5, 0.6) is 0 Å². The fourth-order valence-electron chi connectivity index (χ4n) is 2.55. The van der Waals surface area contributed by atoms with Crippen molar-refractivity contribution in [3.8, 4) is 0 Å². The van der Waals surface area contributed by atoms with Crippen molar-refractivity contribution in [3.05, 3.63) is 23.8 Å². The van der Waals surface area contributed by atoms with Gasteiger partial charge in [0.1, 0.15) is 11.0 Å². The highest BCUT2D eigenvalue weighted by atomic mass is 16.3. The van der Waals surface area contributed by atoms with E-state index in [9.17, 15) is 9.90 Å². The van der Waals surface area contributed by atoms with Gasteiger partial charge in [0, 0.05) is 18.7 Å². The number of fused-ring (bicyclic) bond motifs is 1. The van der Waals surface area contributed by atoms with E-state index in [1.807, 2.05) is 0 Å². The molecule has 0 aliphatic carbocycles. The van der Waals surface area contributed by atoms with Gasteiger partial charge in [0.2, 0.25) is 0 Å². The van der Waals surface area contributed by atoms with Crippen molar-refractivity contribution in [2.24, 2.45) is 0 Å². The van der Waals surface area contributed by atoms with Crippen LogP contribution in [0, 0.1) is 0 Å². The quantitative estimate of drug-likeness (QED) is 0.799.